The van der Waals surface area contributed by atoms with Crippen LogP contribution in [0.2, 0.25) is 0 Å². The lowest BCUT2D eigenvalue weighted by atomic mass is 9.97. The first-order valence-electron chi connectivity index (χ1n) is 8.45. The highest BCUT2D eigenvalue weighted by molar-refractivity contribution is 7.09. The normalized spacial score (nSPS) is 17.5. The average molecular weight is 346 g/mol. The van der Waals surface area contributed by atoms with Crippen LogP contribution in [0.4, 0.5) is 4.39 Å². The van der Waals surface area contributed by atoms with E-state index in [1.807, 2.05) is 29.3 Å². The molecule has 2 heterocycles. The number of aryl methyl sites for hydroxylation is 3. The summed E-state index contributed by atoms with van der Waals surface area (Å²) in [5.74, 6) is 0.540. The summed E-state index contributed by atoms with van der Waals surface area (Å²) in [6, 6.07) is 5.32. The summed E-state index contributed by atoms with van der Waals surface area (Å²) in [4.78, 5) is 18.8. The number of nitrogens with zero attached hydrogens (tertiary/aromatic N) is 2. The number of likely N-dealkylation sites (tertiary alicyclic amines) is 1. The van der Waals surface area contributed by atoms with Crippen LogP contribution in [0, 0.1) is 25.6 Å². The molecular formula is C19H23FN2OS. The van der Waals surface area contributed by atoms with Crippen LogP contribution in [0.3, 0.4) is 0 Å². The smallest absolute Gasteiger partial charge is 0.222 e. The summed E-state index contributed by atoms with van der Waals surface area (Å²) in [7, 11) is 0. The van der Waals surface area contributed by atoms with Crippen LogP contribution in [0.1, 0.15) is 34.7 Å². The first-order chi connectivity index (χ1) is 11.5. The van der Waals surface area contributed by atoms with E-state index in [1.54, 1.807) is 24.3 Å². The van der Waals surface area contributed by atoms with Crippen molar-refractivity contribution in [2.45, 2.75) is 39.5 Å². The molecule has 1 amide bonds. The highest BCUT2D eigenvalue weighted by atomic mass is 32.1. The van der Waals surface area contributed by atoms with Gasteiger partial charge in [-0.15, -0.1) is 11.3 Å². The van der Waals surface area contributed by atoms with E-state index in [0.29, 0.717) is 17.9 Å². The molecule has 1 atom stereocenters. The molecule has 0 aliphatic carbocycles. The van der Waals surface area contributed by atoms with Crippen LogP contribution in [0.25, 0.3) is 0 Å². The number of amides is 1. The van der Waals surface area contributed by atoms with Crippen molar-refractivity contribution in [1.82, 2.24) is 9.88 Å². The second-order valence-corrected chi connectivity index (χ2v) is 7.70. The maximum atomic E-state index is 13.3. The highest BCUT2D eigenvalue weighted by Gasteiger charge is 2.26. The van der Waals surface area contributed by atoms with Crippen molar-refractivity contribution >= 4 is 17.2 Å². The van der Waals surface area contributed by atoms with E-state index in [9.17, 15) is 9.18 Å². The van der Waals surface area contributed by atoms with Gasteiger partial charge in [-0.25, -0.2) is 9.37 Å². The monoisotopic (exact) mass is 346 g/mol. The molecule has 0 radical (unpaired) electrons. The lowest BCUT2D eigenvalue weighted by Gasteiger charge is -2.16. The summed E-state index contributed by atoms with van der Waals surface area (Å²) in [5.41, 5.74) is 2.87. The number of thiazole rings is 1. The predicted molar refractivity (Wildman–Crippen MR) is 94.7 cm³/mol. The molecule has 24 heavy (non-hydrogen) atoms. The minimum absolute atomic E-state index is 0.153. The van der Waals surface area contributed by atoms with Crippen LogP contribution < -0.4 is 0 Å². The average Bonchev–Trinajstić information content (AvgIpc) is 3.18. The number of hydrogen-bond donors (Lipinski definition) is 0. The van der Waals surface area contributed by atoms with Crippen molar-refractivity contribution in [1.29, 1.82) is 0 Å². The number of rotatable bonds is 5. The van der Waals surface area contributed by atoms with Gasteiger partial charge in [-0.1, -0.05) is 12.1 Å². The quantitative estimate of drug-likeness (QED) is 0.822. The van der Waals surface area contributed by atoms with Crippen molar-refractivity contribution < 1.29 is 9.18 Å². The third-order valence-electron chi connectivity index (χ3n) is 4.65. The van der Waals surface area contributed by atoms with Crippen molar-refractivity contribution in [2.24, 2.45) is 5.92 Å². The minimum atomic E-state index is -0.153. The molecule has 5 heteroatoms. The summed E-state index contributed by atoms with van der Waals surface area (Å²) in [6.07, 6.45) is 3.20. The topological polar surface area (TPSA) is 33.2 Å². The molecule has 1 aromatic heterocycles. The lowest BCUT2D eigenvalue weighted by Crippen LogP contribution is -2.29. The zero-order valence-electron chi connectivity index (χ0n) is 14.2. The number of benzene rings is 1. The number of halogens is 1. The van der Waals surface area contributed by atoms with Crippen LogP contribution in [0.5, 0.6) is 0 Å². The van der Waals surface area contributed by atoms with Gasteiger partial charge in [-0.2, -0.15) is 0 Å². The van der Waals surface area contributed by atoms with E-state index in [2.05, 4.69) is 4.98 Å². The zero-order valence-corrected chi connectivity index (χ0v) is 15.0. The number of aromatic nitrogens is 1. The van der Waals surface area contributed by atoms with Crippen molar-refractivity contribution in [2.75, 3.05) is 13.1 Å². The van der Waals surface area contributed by atoms with Crippen LogP contribution in [0.15, 0.2) is 23.6 Å². The van der Waals surface area contributed by atoms with E-state index in [0.717, 1.165) is 48.6 Å². The molecule has 2 aromatic rings. The fraction of sp³-hybridized carbons (Fsp3) is 0.474. The second kappa shape index (κ2) is 7.43. The van der Waals surface area contributed by atoms with Gasteiger partial charge in [-0.3, -0.25) is 4.79 Å². The number of hydrogen-bond acceptors (Lipinski definition) is 3. The van der Waals surface area contributed by atoms with Crippen molar-refractivity contribution in [3.8, 4) is 0 Å². The van der Waals surface area contributed by atoms with Gasteiger partial charge >= 0.3 is 0 Å². The molecular weight excluding hydrogens is 323 g/mol. The Morgan fingerprint density at radius 1 is 1.42 bits per heavy atom. The predicted octanol–water partition coefficient (Wildman–Crippen LogP) is 3.92. The Kier molecular flexibility index (Phi) is 5.29. The standard InChI is InChI=1S/C19H23FN2OS/c1-13-9-15(3-5-18(13)20)10-16-7-8-22(11-16)19(23)6-4-17-12-24-14(2)21-17/h3,5,9,12,16H,4,6-8,10-11H2,1-2H3. The van der Waals surface area contributed by atoms with Gasteiger partial charge in [0.2, 0.25) is 5.91 Å². The second-order valence-electron chi connectivity index (χ2n) is 6.64. The van der Waals surface area contributed by atoms with Gasteiger partial charge in [0, 0.05) is 24.9 Å². The maximum Gasteiger partial charge on any atom is 0.222 e. The molecule has 1 aliphatic heterocycles. The van der Waals surface area contributed by atoms with Crippen molar-refractivity contribution in [3.05, 3.63) is 51.2 Å². The van der Waals surface area contributed by atoms with E-state index in [-0.39, 0.29) is 11.7 Å². The third kappa shape index (κ3) is 4.20. The highest BCUT2D eigenvalue weighted by Crippen LogP contribution is 2.23. The number of carbonyl (C=O) groups is 1. The third-order valence-corrected chi connectivity index (χ3v) is 5.47. The molecule has 0 spiro atoms. The molecule has 1 aromatic carbocycles. The summed E-state index contributed by atoms with van der Waals surface area (Å²) < 4.78 is 13.3. The van der Waals surface area contributed by atoms with Crippen LogP contribution in [-0.4, -0.2) is 28.9 Å². The molecule has 0 N–H and O–H groups in total. The minimum Gasteiger partial charge on any atom is -0.342 e. The summed E-state index contributed by atoms with van der Waals surface area (Å²) in [5, 5.41) is 3.08. The van der Waals surface area contributed by atoms with E-state index >= 15 is 0 Å². The Morgan fingerprint density at radius 3 is 2.96 bits per heavy atom. The van der Waals surface area contributed by atoms with Crippen molar-refractivity contribution in [3.63, 3.8) is 0 Å². The van der Waals surface area contributed by atoms with Gasteiger partial charge in [0.15, 0.2) is 0 Å². The first-order valence-corrected chi connectivity index (χ1v) is 9.33. The van der Waals surface area contributed by atoms with Gasteiger partial charge in [-0.05, 0) is 56.2 Å². The SMILES string of the molecule is Cc1nc(CCC(=O)N2CCC(Cc3ccc(F)c(C)c3)C2)cs1. The fourth-order valence-corrected chi connectivity index (χ4v) is 3.96. The van der Waals surface area contributed by atoms with E-state index in [4.69, 9.17) is 0 Å². The molecule has 0 saturated carbocycles. The van der Waals surface area contributed by atoms with Crippen LogP contribution in [-0.2, 0) is 17.6 Å². The van der Waals surface area contributed by atoms with E-state index in [1.165, 1.54) is 0 Å². The lowest BCUT2D eigenvalue weighted by molar-refractivity contribution is -0.130. The molecule has 1 unspecified atom stereocenters. The fourth-order valence-electron chi connectivity index (χ4n) is 3.31. The number of carbonyl (C=O) groups excluding carboxylic acids is 1. The molecule has 3 rings (SSSR count). The Bertz CT molecular complexity index is 728. The largest absolute Gasteiger partial charge is 0.342 e. The Morgan fingerprint density at radius 2 is 2.25 bits per heavy atom. The van der Waals surface area contributed by atoms with Crippen LogP contribution >= 0.6 is 11.3 Å². The van der Waals surface area contributed by atoms with E-state index < -0.39 is 0 Å². The van der Waals surface area contributed by atoms with Gasteiger partial charge in [0.05, 0.1) is 10.7 Å². The molecule has 1 saturated heterocycles. The Hall–Kier alpha value is -1.75. The molecule has 0 bridgehead atoms. The Balaban J connectivity index is 1.49. The maximum absolute atomic E-state index is 13.3. The molecule has 1 aliphatic rings. The first kappa shape index (κ1) is 17.1. The molecule has 128 valence electrons. The zero-order chi connectivity index (χ0) is 17.1. The summed E-state index contributed by atoms with van der Waals surface area (Å²) >= 11 is 1.63. The summed E-state index contributed by atoms with van der Waals surface area (Å²) in [6.45, 7) is 5.42. The van der Waals surface area contributed by atoms with Gasteiger partial charge in [0.1, 0.15) is 5.82 Å². The van der Waals surface area contributed by atoms with Gasteiger partial charge < -0.3 is 4.90 Å². The molecule has 3 nitrogen and oxygen atoms in total. The molecule has 1 fully saturated rings. The van der Waals surface area contributed by atoms with Gasteiger partial charge in [0.25, 0.3) is 0 Å². The Labute approximate surface area is 146 Å².